The highest BCUT2D eigenvalue weighted by Gasteiger charge is 2.32. The van der Waals surface area contributed by atoms with Crippen LogP contribution in [0.5, 0.6) is 0 Å². The fraction of sp³-hybridized carbons (Fsp3) is 0.457. The molecule has 0 atom stereocenters. The standard InChI is InChI=1S/C35H44N2O5S/c1-6-7-8-9-30-18-19-31(43-30)32(38)37(29-20-22-36(23-21-29)34(40)42-35(2,3)4)24-25-10-12-26(13-11-25)27-14-16-28(17-15-27)33(39)41-5/h10-19,29H,6-9,20-24H2,1-5H3. The smallest absolute Gasteiger partial charge is 0.410 e. The molecular formula is C35H44N2O5S. The Kier molecular flexibility index (Phi) is 11.0. The molecule has 43 heavy (non-hydrogen) atoms. The van der Waals surface area contributed by atoms with E-state index in [9.17, 15) is 14.4 Å². The predicted octanol–water partition coefficient (Wildman–Crippen LogP) is 7.98. The van der Waals surface area contributed by atoms with Crippen LogP contribution in [0.4, 0.5) is 4.79 Å². The van der Waals surface area contributed by atoms with E-state index in [4.69, 9.17) is 9.47 Å². The molecule has 0 unspecified atom stereocenters. The van der Waals surface area contributed by atoms with Crippen molar-refractivity contribution in [1.29, 1.82) is 0 Å². The number of thiophene rings is 1. The quantitative estimate of drug-likeness (QED) is 0.173. The lowest BCUT2D eigenvalue weighted by Crippen LogP contribution is -2.49. The number of likely N-dealkylation sites (tertiary alicyclic amines) is 1. The number of amides is 2. The number of carbonyl (C=O) groups is 3. The third-order valence-electron chi connectivity index (χ3n) is 7.66. The van der Waals surface area contributed by atoms with Crippen molar-refractivity contribution in [2.75, 3.05) is 20.2 Å². The minimum absolute atomic E-state index is 0.0161. The number of esters is 1. The zero-order valence-electron chi connectivity index (χ0n) is 26.1. The first-order chi connectivity index (χ1) is 20.6. The molecule has 0 radical (unpaired) electrons. The summed E-state index contributed by atoms with van der Waals surface area (Å²) in [6, 6.07) is 19.6. The lowest BCUT2D eigenvalue weighted by Gasteiger charge is -2.39. The maximum absolute atomic E-state index is 14.0. The first-order valence-electron chi connectivity index (χ1n) is 15.2. The fourth-order valence-electron chi connectivity index (χ4n) is 5.29. The minimum Gasteiger partial charge on any atom is -0.465 e. The second-order valence-corrected chi connectivity index (χ2v) is 13.3. The average molecular weight is 605 g/mol. The molecule has 1 saturated heterocycles. The van der Waals surface area contributed by atoms with Gasteiger partial charge in [-0.2, -0.15) is 0 Å². The van der Waals surface area contributed by atoms with Gasteiger partial charge in [0.1, 0.15) is 5.60 Å². The van der Waals surface area contributed by atoms with Crippen molar-refractivity contribution in [2.45, 2.75) is 84.4 Å². The van der Waals surface area contributed by atoms with E-state index < -0.39 is 5.60 Å². The third-order valence-corrected chi connectivity index (χ3v) is 8.80. The number of methoxy groups -OCH3 is 1. The molecule has 1 fully saturated rings. The second-order valence-electron chi connectivity index (χ2n) is 12.1. The molecule has 1 aliphatic rings. The maximum atomic E-state index is 14.0. The molecule has 3 aromatic rings. The molecule has 4 rings (SSSR count). The summed E-state index contributed by atoms with van der Waals surface area (Å²) in [5.41, 5.74) is 3.03. The van der Waals surface area contributed by atoms with Crippen molar-refractivity contribution in [3.8, 4) is 11.1 Å². The molecule has 2 heterocycles. The van der Waals surface area contributed by atoms with Gasteiger partial charge in [-0.15, -0.1) is 11.3 Å². The van der Waals surface area contributed by atoms with Crippen molar-refractivity contribution in [1.82, 2.24) is 9.80 Å². The Bertz CT molecular complexity index is 1370. The van der Waals surface area contributed by atoms with E-state index in [1.807, 2.05) is 56.0 Å². The predicted molar refractivity (Wildman–Crippen MR) is 171 cm³/mol. The van der Waals surface area contributed by atoms with Gasteiger partial charge in [-0.25, -0.2) is 9.59 Å². The van der Waals surface area contributed by atoms with E-state index in [1.54, 1.807) is 28.4 Å². The van der Waals surface area contributed by atoms with Crippen LogP contribution in [0.25, 0.3) is 11.1 Å². The molecule has 8 heteroatoms. The van der Waals surface area contributed by atoms with Crippen LogP contribution in [0.1, 0.15) is 90.3 Å². The molecule has 1 aliphatic heterocycles. The summed E-state index contributed by atoms with van der Waals surface area (Å²) in [4.78, 5) is 44.2. The molecule has 0 N–H and O–H groups in total. The van der Waals surface area contributed by atoms with E-state index in [0.717, 1.165) is 34.4 Å². The summed E-state index contributed by atoms with van der Waals surface area (Å²) in [5.74, 6) is -0.313. The molecule has 1 aromatic heterocycles. The molecule has 230 valence electrons. The topological polar surface area (TPSA) is 76.2 Å². The first-order valence-corrected chi connectivity index (χ1v) is 16.0. The Morgan fingerprint density at radius 3 is 2.12 bits per heavy atom. The lowest BCUT2D eigenvalue weighted by molar-refractivity contribution is 0.0142. The van der Waals surface area contributed by atoms with Gasteiger partial charge in [-0.05, 0) is 87.4 Å². The van der Waals surface area contributed by atoms with E-state index in [2.05, 4.69) is 25.1 Å². The number of hydrogen-bond donors (Lipinski definition) is 0. The van der Waals surface area contributed by atoms with Crippen LogP contribution >= 0.6 is 11.3 Å². The molecule has 0 saturated carbocycles. The Labute approximate surface area is 259 Å². The van der Waals surface area contributed by atoms with E-state index in [1.165, 1.54) is 24.8 Å². The summed E-state index contributed by atoms with van der Waals surface area (Å²) in [5, 5.41) is 0. The van der Waals surface area contributed by atoms with Crippen molar-refractivity contribution in [3.63, 3.8) is 0 Å². The number of hydrogen-bond acceptors (Lipinski definition) is 6. The Morgan fingerprint density at radius 2 is 1.53 bits per heavy atom. The second kappa shape index (κ2) is 14.7. The van der Waals surface area contributed by atoms with Gasteiger partial charge in [0.05, 0.1) is 17.6 Å². The normalized spacial score (nSPS) is 13.9. The Hall–Kier alpha value is -3.65. The SMILES string of the molecule is CCCCCc1ccc(C(=O)N(Cc2ccc(-c3ccc(C(=O)OC)cc3)cc2)C2CCN(C(=O)OC(C)(C)C)CC2)s1. The van der Waals surface area contributed by atoms with Gasteiger partial charge in [-0.3, -0.25) is 4.79 Å². The number of aryl methyl sites for hydroxylation is 1. The highest BCUT2D eigenvalue weighted by atomic mass is 32.1. The molecular weight excluding hydrogens is 560 g/mol. The number of piperidine rings is 1. The van der Waals surface area contributed by atoms with Gasteiger partial charge in [0.15, 0.2) is 0 Å². The van der Waals surface area contributed by atoms with Gasteiger partial charge in [0.25, 0.3) is 5.91 Å². The molecule has 2 amide bonds. The van der Waals surface area contributed by atoms with Crippen LogP contribution < -0.4 is 0 Å². The van der Waals surface area contributed by atoms with Crippen LogP contribution in [-0.4, -0.2) is 59.6 Å². The van der Waals surface area contributed by atoms with Crippen molar-refractivity contribution in [3.05, 3.63) is 81.5 Å². The van der Waals surface area contributed by atoms with Gasteiger partial charge < -0.3 is 19.3 Å². The minimum atomic E-state index is -0.542. The average Bonchev–Trinajstić information content (AvgIpc) is 3.48. The van der Waals surface area contributed by atoms with Crippen LogP contribution in [0.2, 0.25) is 0 Å². The van der Waals surface area contributed by atoms with Gasteiger partial charge >= 0.3 is 12.1 Å². The number of ether oxygens (including phenoxy) is 2. The summed E-state index contributed by atoms with van der Waals surface area (Å²) in [7, 11) is 1.37. The maximum Gasteiger partial charge on any atom is 0.410 e. The zero-order valence-corrected chi connectivity index (χ0v) is 26.9. The van der Waals surface area contributed by atoms with Crippen molar-refractivity contribution < 1.29 is 23.9 Å². The third kappa shape index (κ3) is 8.92. The van der Waals surface area contributed by atoms with E-state index in [-0.39, 0.29) is 24.0 Å². The zero-order chi connectivity index (χ0) is 31.0. The van der Waals surface area contributed by atoms with Crippen LogP contribution in [-0.2, 0) is 22.4 Å². The fourth-order valence-corrected chi connectivity index (χ4v) is 6.29. The van der Waals surface area contributed by atoms with Crippen LogP contribution in [0, 0.1) is 0 Å². The number of rotatable bonds is 10. The highest BCUT2D eigenvalue weighted by molar-refractivity contribution is 7.14. The van der Waals surface area contributed by atoms with Crippen molar-refractivity contribution in [2.24, 2.45) is 0 Å². The summed E-state index contributed by atoms with van der Waals surface area (Å²) < 4.78 is 10.4. The van der Waals surface area contributed by atoms with Crippen LogP contribution in [0.15, 0.2) is 60.7 Å². The monoisotopic (exact) mass is 604 g/mol. The highest BCUT2D eigenvalue weighted by Crippen LogP contribution is 2.28. The molecule has 0 spiro atoms. The Morgan fingerprint density at radius 1 is 0.907 bits per heavy atom. The van der Waals surface area contributed by atoms with E-state index in [0.29, 0.717) is 38.0 Å². The number of unbranched alkanes of at least 4 members (excludes halogenated alkanes) is 2. The summed E-state index contributed by atoms with van der Waals surface area (Å²) in [6.45, 7) is 9.41. The van der Waals surface area contributed by atoms with Crippen molar-refractivity contribution >= 4 is 29.3 Å². The van der Waals surface area contributed by atoms with Crippen LogP contribution in [0.3, 0.4) is 0 Å². The van der Waals surface area contributed by atoms with Gasteiger partial charge in [-0.1, -0.05) is 56.2 Å². The molecule has 7 nitrogen and oxygen atoms in total. The lowest BCUT2D eigenvalue weighted by atomic mass is 10.00. The van der Waals surface area contributed by atoms with Gasteiger partial charge in [0.2, 0.25) is 0 Å². The van der Waals surface area contributed by atoms with E-state index >= 15 is 0 Å². The summed E-state index contributed by atoms with van der Waals surface area (Å²) >= 11 is 1.60. The molecule has 0 aliphatic carbocycles. The molecule has 2 aromatic carbocycles. The number of carbonyl (C=O) groups excluding carboxylic acids is 3. The number of nitrogens with zero attached hydrogens (tertiary/aromatic N) is 2. The first kappa shape index (κ1) is 32.3. The summed E-state index contributed by atoms with van der Waals surface area (Å²) in [6.07, 6.45) is 5.60. The largest absolute Gasteiger partial charge is 0.465 e. The Balaban J connectivity index is 1.50. The molecule has 0 bridgehead atoms. The van der Waals surface area contributed by atoms with Gasteiger partial charge in [0, 0.05) is 30.6 Å². The number of benzene rings is 2.